The number of hydrogen-bond acceptors (Lipinski definition) is 1. The van der Waals surface area contributed by atoms with Gasteiger partial charge >= 0.3 is 0 Å². The minimum atomic E-state index is -0.457. The Labute approximate surface area is 83.7 Å². The summed E-state index contributed by atoms with van der Waals surface area (Å²) >= 11 is 0. The fourth-order valence-corrected chi connectivity index (χ4v) is 1.11. The van der Waals surface area contributed by atoms with Crippen molar-refractivity contribution in [2.75, 3.05) is 0 Å². The van der Waals surface area contributed by atoms with Crippen LogP contribution in [0, 0.1) is 0 Å². The third-order valence-electron chi connectivity index (χ3n) is 1.76. The first-order valence-electron chi connectivity index (χ1n) is 4.53. The second-order valence-electron chi connectivity index (χ2n) is 2.94. The molecular weight excluding hydrogens is 174 g/mol. The number of benzene rings is 1. The van der Waals surface area contributed by atoms with E-state index in [4.69, 9.17) is 5.73 Å². The van der Waals surface area contributed by atoms with Crippen LogP contribution >= 0.6 is 0 Å². The SMILES string of the molecule is NC(=O)C=C=CCCc1ccccc1. The molecule has 1 rings (SSSR count). The lowest BCUT2D eigenvalue weighted by molar-refractivity contribution is -0.113. The van der Waals surface area contributed by atoms with E-state index in [2.05, 4.69) is 17.9 Å². The standard InChI is InChI=1S/C12H13NO/c13-12(14)10-6-2-5-9-11-7-3-1-4-8-11/h1-4,7-8,10H,5,9H2,(H2,13,14). The number of primary amides is 1. The summed E-state index contributed by atoms with van der Waals surface area (Å²) in [6.07, 6.45) is 4.89. The van der Waals surface area contributed by atoms with Crippen LogP contribution in [-0.4, -0.2) is 5.91 Å². The zero-order chi connectivity index (χ0) is 10.2. The van der Waals surface area contributed by atoms with Crippen LogP contribution in [0.5, 0.6) is 0 Å². The van der Waals surface area contributed by atoms with Crippen LogP contribution in [0.4, 0.5) is 0 Å². The predicted molar refractivity (Wildman–Crippen MR) is 56.6 cm³/mol. The first-order chi connectivity index (χ1) is 6.79. The van der Waals surface area contributed by atoms with Crippen LogP contribution in [0.2, 0.25) is 0 Å². The summed E-state index contributed by atoms with van der Waals surface area (Å²) in [6.45, 7) is 0. The van der Waals surface area contributed by atoms with Gasteiger partial charge in [-0.15, -0.1) is 5.73 Å². The van der Waals surface area contributed by atoms with Crippen molar-refractivity contribution < 1.29 is 4.79 Å². The number of carbonyl (C=O) groups is 1. The van der Waals surface area contributed by atoms with Crippen LogP contribution in [0.3, 0.4) is 0 Å². The molecule has 0 aliphatic heterocycles. The maximum atomic E-state index is 10.3. The zero-order valence-corrected chi connectivity index (χ0v) is 7.94. The molecule has 0 aliphatic carbocycles. The number of aryl methyl sites for hydroxylation is 1. The van der Waals surface area contributed by atoms with Crippen molar-refractivity contribution in [1.29, 1.82) is 0 Å². The maximum absolute atomic E-state index is 10.3. The molecule has 0 aliphatic rings. The highest BCUT2D eigenvalue weighted by Crippen LogP contribution is 2.01. The summed E-state index contributed by atoms with van der Waals surface area (Å²) in [5, 5.41) is 0. The highest BCUT2D eigenvalue weighted by atomic mass is 16.1. The summed E-state index contributed by atoms with van der Waals surface area (Å²) in [5.41, 5.74) is 8.92. The summed E-state index contributed by atoms with van der Waals surface area (Å²) in [5.74, 6) is -0.457. The van der Waals surface area contributed by atoms with Gasteiger partial charge in [-0.1, -0.05) is 30.3 Å². The van der Waals surface area contributed by atoms with Gasteiger partial charge in [0.05, 0.1) is 0 Å². The smallest absolute Gasteiger partial charge is 0.249 e. The number of carbonyl (C=O) groups excluding carboxylic acids is 1. The Kier molecular flexibility index (Phi) is 4.25. The zero-order valence-electron chi connectivity index (χ0n) is 7.94. The molecule has 0 heterocycles. The van der Waals surface area contributed by atoms with Crippen molar-refractivity contribution in [2.24, 2.45) is 5.73 Å². The molecule has 14 heavy (non-hydrogen) atoms. The molecule has 0 radical (unpaired) electrons. The molecule has 0 aromatic heterocycles. The van der Waals surface area contributed by atoms with E-state index in [9.17, 15) is 4.79 Å². The van der Waals surface area contributed by atoms with Crippen molar-refractivity contribution in [3.63, 3.8) is 0 Å². The predicted octanol–water partition coefficient (Wildman–Crippen LogP) is 1.82. The Morgan fingerprint density at radius 3 is 2.71 bits per heavy atom. The third-order valence-corrected chi connectivity index (χ3v) is 1.76. The lowest BCUT2D eigenvalue weighted by Gasteiger charge is -1.94. The molecule has 0 saturated carbocycles. The molecule has 0 unspecified atom stereocenters. The van der Waals surface area contributed by atoms with E-state index >= 15 is 0 Å². The summed E-state index contributed by atoms with van der Waals surface area (Å²) in [4.78, 5) is 10.3. The van der Waals surface area contributed by atoms with Gasteiger partial charge in [-0.05, 0) is 24.5 Å². The highest BCUT2D eigenvalue weighted by molar-refractivity contribution is 5.85. The van der Waals surface area contributed by atoms with Crippen LogP contribution < -0.4 is 5.73 Å². The lowest BCUT2D eigenvalue weighted by atomic mass is 10.1. The second kappa shape index (κ2) is 5.79. The van der Waals surface area contributed by atoms with Crippen molar-refractivity contribution in [1.82, 2.24) is 0 Å². The fourth-order valence-electron chi connectivity index (χ4n) is 1.11. The lowest BCUT2D eigenvalue weighted by Crippen LogP contribution is -2.04. The number of amides is 1. The van der Waals surface area contributed by atoms with E-state index in [0.29, 0.717) is 0 Å². The molecule has 1 aromatic carbocycles. The quantitative estimate of drug-likeness (QED) is 0.567. The molecule has 0 bridgehead atoms. The topological polar surface area (TPSA) is 43.1 Å². The van der Waals surface area contributed by atoms with E-state index in [1.807, 2.05) is 24.3 Å². The third kappa shape index (κ3) is 4.29. The van der Waals surface area contributed by atoms with E-state index < -0.39 is 5.91 Å². The normalized spacial score (nSPS) is 8.86. The molecule has 1 amide bonds. The fraction of sp³-hybridized carbons (Fsp3) is 0.167. The first kappa shape index (κ1) is 10.3. The van der Waals surface area contributed by atoms with Gasteiger partial charge in [-0.3, -0.25) is 4.79 Å². The van der Waals surface area contributed by atoms with E-state index in [-0.39, 0.29) is 0 Å². The molecule has 2 nitrogen and oxygen atoms in total. The number of nitrogens with two attached hydrogens (primary N) is 1. The largest absolute Gasteiger partial charge is 0.366 e. The van der Waals surface area contributed by atoms with Gasteiger partial charge < -0.3 is 5.73 Å². The molecule has 2 N–H and O–H groups in total. The van der Waals surface area contributed by atoms with E-state index in [0.717, 1.165) is 12.8 Å². The van der Waals surface area contributed by atoms with Crippen molar-refractivity contribution in [3.8, 4) is 0 Å². The van der Waals surface area contributed by atoms with Gasteiger partial charge in [-0.2, -0.15) is 0 Å². The first-order valence-corrected chi connectivity index (χ1v) is 4.53. The highest BCUT2D eigenvalue weighted by Gasteiger charge is 1.87. The average molecular weight is 187 g/mol. The monoisotopic (exact) mass is 187 g/mol. The Bertz CT molecular complexity index is 348. The molecular formula is C12H13NO. The van der Waals surface area contributed by atoms with Crippen molar-refractivity contribution in [3.05, 3.63) is 53.8 Å². The Morgan fingerprint density at radius 2 is 2.07 bits per heavy atom. The van der Waals surface area contributed by atoms with Crippen LogP contribution in [0.1, 0.15) is 12.0 Å². The van der Waals surface area contributed by atoms with Gasteiger partial charge in [0, 0.05) is 6.08 Å². The molecule has 2 heteroatoms. The molecule has 0 fully saturated rings. The van der Waals surface area contributed by atoms with Gasteiger partial charge in [0.1, 0.15) is 0 Å². The van der Waals surface area contributed by atoms with Gasteiger partial charge in [0.15, 0.2) is 0 Å². The average Bonchev–Trinajstić information content (AvgIpc) is 2.18. The maximum Gasteiger partial charge on any atom is 0.249 e. The summed E-state index contributed by atoms with van der Waals surface area (Å²) < 4.78 is 0. The molecule has 0 atom stereocenters. The Morgan fingerprint density at radius 1 is 1.36 bits per heavy atom. The number of rotatable bonds is 4. The van der Waals surface area contributed by atoms with E-state index in [1.54, 1.807) is 0 Å². The molecule has 1 aromatic rings. The molecule has 0 saturated heterocycles. The van der Waals surface area contributed by atoms with E-state index in [1.165, 1.54) is 11.6 Å². The Balaban J connectivity index is 2.36. The van der Waals surface area contributed by atoms with Gasteiger partial charge in [-0.25, -0.2) is 0 Å². The van der Waals surface area contributed by atoms with Gasteiger partial charge in [0.2, 0.25) is 5.91 Å². The Hall–Kier alpha value is -1.79. The van der Waals surface area contributed by atoms with Crippen LogP contribution in [0.25, 0.3) is 0 Å². The van der Waals surface area contributed by atoms with Crippen molar-refractivity contribution in [2.45, 2.75) is 12.8 Å². The number of hydrogen-bond donors (Lipinski definition) is 1. The van der Waals surface area contributed by atoms with Crippen molar-refractivity contribution >= 4 is 5.91 Å². The molecule has 72 valence electrons. The van der Waals surface area contributed by atoms with Crippen LogP contribution in [0.15, 0.2) is 48.2 Å². The summed E-state index contributed by atoms with van der Waals surface area (Å²) in [6, 6.07) is 10.2. The molecule has 0 spiro atoms. The van der Waals surface area contributed by atoms with Gasteiger partial charge in [0.25, 0.3) is 0 Å². The second-order valence-corrected chi connectivity index (χ2v) is 2.94. The minimum Gasteiger partial charge on any atom is -0.366 e. The summed E-state index contributed by atoms with van der Waals surface area (Å²) in [7, 11) is 0. The minimum absolute atomic E-state index is 0.457. The van der Waals surface area contributed by atoms with Crippen LogP contribution in [-0.2, 0) is 11.2 Å².